The van der Waals surface area contributed by atoms with E-state index in [1.807, 2.05) is 30.3 Å². The molecule has 6 rings (SSSR count). The summed E-state index contributed by atoms with van der Waals surface area (Å²) in [4.78, 5) is 47.6. The highest BCUT2D eigenvalue weighted by molar-refractivity contribution is 8.15. The second kappa shape index (κ2) is 13.3. The Kier molecular flexibility index (Phi) is 8.88. The van der Waals surface area contributed by atoms with Crippen molar-refractivity contribution in [3.63, 3.8) is 0 Å². The molecule has 1 aromatic heterocycles. The van der Waals surface area contributed by atoms with E-state index < -0.39 is 17.1 Å². The van der Waals surface area contributed by atoms with Gasteiger partial charge >= 0.3 is 0 Å². The lowest BCUT2D eigenvalue weighted by Crippen LogP contribution is -2.43. The smallest absolute Gasteiger partial charge is 0.247 e. The number of nitrogens with one attached hydrogen (secondary N) is 1. The molecule has 44 heavy (non-hydrogen) atoms. The first kappa shape index (κ1) is 29.4. The first-order valence-electron chi connectivity index (χ1n) is 14.5. The van der Waals surface area contributed by atoms with Gasteiger partial charge in [-0.25, -0.2) is 9.38 Å². The Bertz CT molecular complexity index is 1660. The van der Waals surface area contributed by atoms with Gasteiger partial charge in [0.15, 0.2) is 5.17 Å². The minimum Gasteiger partial charge on any atom is -0.467 e. The maximum Gasteiger partial charge on any atom is 0.247 e. The van der Waals surface area contributed by atoms with E-state index in [0.29, 0.717) is 48.1 Å². The highest BCUT2D eigenvalue weighted by Crippen LogP contribution is 2.41. The maximum absolute atomic E-state index is 13.8. The quantitative estimate of drug-likeness (QED) is 0.234. The number of likely N-dealkylation sites (tertiary alicyclic amines) is 1. The molecule has 2 atom stereocenters. The van der Waals surface area contributed by atoms with Gasteiger partial charge in [-0.15, -0.1) is 0 Å². The predicted octanol–water partition coefficient (Wildman–Crippen LogP) is 6.49. The molecule has 2 aliphatic rings. The lowest BCUT2D eigenvalue weighted by molar-refractivity contribution is -0.136. The Morgan fingerprint density at radius 2 is 1.82 bits per heavy atom. The molecule has 4 aromatic rings. The number of carbonyl (C=O) groups is 3. The maximum atomic E-state index is 13.8. The molecule has 1 unspecified atom stereocenters. The second-order valence-corrected chi connectivity index (χ2v) is 11.8. The van der Waals surface area contributed by atoms with Crippen molar-refractivity contribution >= 4 is 46.0 Å². The molecule has 0 radical (unpaired) electrons. The summed E-state index contributed by atoms with van der Waals surface area (Å²) < 4.78 is 19.3. The lowest BCUT2D eigenvalue weighted by atomic mass is 10.1. The molecular formula is C34H31FN4O4S. The Balaban J connectivity index is 1.12. The van der Waals surface area contributed by atoms with Gasteiger partial charge in [-0.05, 0) is 72.9 Å². The number of carbonyl (C=O) groups excluding carboxylic acids is 3. The number of amidine groups is 1. The largest absolute Gasteiger partial charge is 0.467 e. The van der Waals surface area contributed by atoms with Crippen LogP contribution in [0.25, 0.3) is 0 Å². The van der Waals surface area contributed by atoms with E-state index in [9.17, 15) is 18.8 Å². The zero-order valence-electron chi connectivity index (χ0n) is 23.9. The summed E-state index contributed by atoms with van der Waals surface area (Å²) in [5, 5.41) is 2.82. The van der Waals surface area contributed by atoms with Gasteiger partial charge in [-0.3, -0.25) is 19.3 Å². The molecule has 3 amide bonds. The number of benzene rings is 3. The highest BCUT2D eigenvalue weighted by atomic mass is 32.2. The number of rotatable bonds is 9. The van der Waals surface area contributed by atoms with E-state index in [1.54, 1.807) is 59.7 Å². The van der Waals surface area contributed by atoms with Crippen LogP contribution < -0.4 is 5.32 Å². The van der Waals surface area contributed by atoms with Crippen molar-refractivity contribution in [3.8, 4) is 0 Å². The number of hydrogen-bond donors (Lipinski definition) is 1. The first-order chi connectivity index (χ1) is 21.4. The summed E-state index contributed by atoms with van der Waals surface area (Å²) in [5.41, 5.74) is 2.82. The number of furan rings is 1. The van der Waals surface area contributed by atoms with Crippen molar-refractivity contribution in [2.75, 3.05) is 11.9 Å². The van der Waals surface area contributed by atoms with Crippen molar-refractivity contribution in [1.82, 2.24) is 9.80 Å². The third kappa shape index (κ3) is 6.75. The SMILES string of the molecule is O=C(Nc1ccc(C2SC(=Nc3cccc(F)c3)N(Cc3ccco3)C2=O)cc1)[C@@H]1CCCN1C(=O)CCc1ccccc1. The third-order valence-corrected chi connectivity index (χ3v) is 8.93. The topological polar surface area (TPSA) is 95.2 Å². The molecule has 0 aliphatic carbocycles. The zero-order chi connectivity index (χ0) is 30.5. The van der Waals surface area contributed by atoms with Gasteiger partial charge in [-0.2, -0.15) is 0 Å². The molecule has 2 aliphatic heterocycles. The molecule has 1 N–H and O–H groups in total. The van der Waals surface area contributed by atoms with Crippen LogP contribution in [0.1, 0.15) is 41.4 Å². The number of anilines is 1. The summed E-state index contributed by atoms with van der Waals surface area (Å²) in [7, 11) is 0. The van der Waals surface area contributed by atoms with Gasteiger partial charge < -0.3 is 14.6 Å². The summed E-state index contributed by atoms with van der Waals surface area (Å²) in [5.74, 6) is -0.222. The molecule has 224 valence electrons. The van der Waals surface area contributed by atoms with Crippen molar-refractivity contribution in [1.29, 1.82) is 0 Å². The fraction of sp³-hybridized carbons (Fsp3) is 0.235. The van der Waals surface area contributed by atoms with Crippen LogP contribution in [0.3, 0.4) is 0 Å². The molecule has 0 spiro atoms. The lowest BCUT2D eigenvalue weighted by Gasteiger charge is -2.24. The van der Waals surface area contributed by atoms with E-state index in [-0.39, 0.29) is 24.3 Å². The van der Waals surface area contributed by atoms with Crippen LogP contribution in [-0.4, -0.2) is 45.3 Å². The number of aliphatic imine (C=N–C) groups is 1. The molecule has 2 fully saturated rings. The van der Waals surface area contributed by atoms with Gasteiger partial charge in [0.1, 0.15) is 22.9 Å². The van der Waals surface area contributed by atoms with E-state index in [2.05, 4.69) is 10.3 Å². The molecular weight excluding hydrogens is 579 g/mol. The van der Waals surface area contributed by atoms with Crippen molar-refractivity contribution in [2.24, 2.45) is 4.99 Å². The number of thioether (sulfide) groups is 1. The monoisotopic (exact) mass is 610 g/mol. The fourth-order valence-electron chi connectivity index (χ4n) is 5.46. The molecule has 0 bridgehead atoms. The average molecular weight is 611 g/mol. The average Bonchev–Trinajstić information content (AvgIpc) is 3.80. The number of amides is 3. The molecule has 0 saturated carbocycles. The number of halogens is 1. The van der Waals surface area contributed by atoms with E-state index in [1.165, 1.54) is 28.8 Å². The zero-order valence-corrected chi connectivity index (χ0v) is 24.7. The standard InChI is InChI=1S/C34H31FN4O4S/c35-25-9-4-10-27(21-25)37-34-39(22-28-11-6-20-43-28)33(42)31(44-34)24-14-16-26(17-15-24)36-32(41)29-12-5-19-38(29)30(40)18-13-23-7-2-1-3-8-23/h1-4,6-11,14-17,20-21,29,31H,5,12-13,18-19,22H2,(H,36,41)/t29-,31?/m0/s1. The van der Waals surface area contributed by atoms with Crippen molar-refractivity contribution < 1.29 is 23.2 Å². The van der Waals surface area contributed by atoms with Gasteiger partial charge in [0.25, 0.3) is 0 Å². The molecule has 3 aromatic carbocycles. The van der Waals surface area contributed by atoms with E-state index >= 15 is 0 Å². The molecule has 2 saturated heterocycles. The van der Waals surface area contributed by atoms with E-state index in [0.717, 1.165) is 17.5 Å². The van der Waals surface area contributed by atoms with Crippen LogP contribution in [0.2, 0.25) is 0 Å². The second-order valence-electron chi connectivity index (χ2n) is 10.7. The van der Waals surface area contributed by atoms with Crippen LogP contribution in [0, 0.1) is 5.82 Å². The minimum absolute atomic E-state index is 0.0200. The Morgan fingerprint density at radius 3 is 2.57 bits per heavy atom. The molecule has 8 nitrogen and oxygen atoms in total. The van der Waals surface area contributed by atoms with Gasteiger partial charge in [0.05, 0.1) is 18.5 Å². The predicted molar refractivity (Wildman–Crippen MR) is 168 cm³/mol. The van der Waals surface area contributed by atoms with Crippen LogP contribution in [-0.2, 0) is 27.3 Å². The van der Waals surface area contributed by atoms with Crippen LogP contribution in [0.5, 0.6) is 0 Å². The van der Waals surface area contributed by atoms with E-state index in [4.69, 9.17) is 4.42 Å². The van der Waals surface area contributed by atoms with Gasteiger partial charge in [0, 0.05) is 18.7 Å². The van der Waals surface area contributed by atoms with Gasteiger partial charge in [-0.1, -0.05) is 60.3 Å². The highest BCUT2D eigenvalue weighted by Gasteiger charge is 2.39. The van der Waals surface area contributed by atoms with Crippen LogP contribution in [0.4, 0.5) is 15.8 Å². The van der Waals surface area contributed by atoms with Gasteiger partial charge in [0.2, 0.25) is 17.7 Å². The minimum atomic E-state index is -0.574. The van der Waals surface area contributed by atoms with Crippen molar-refractivity contribution in [3.05, 3.63) is 120 Å². The summed E-state index contributed by atoms with van der Waals surface area (Å²) in [6, 6.07) is 25.9. The summed E-state index contributed by atoms with van der Waals surface area (Å²) in [6.07, 6.45) is 3.94. The van der Waals surface area contributed by atoms with Crippen LogP contribution in [0.15, 0.2) is 107 Å². The Labute approximate surface area is 259 Å². The third-order valence-electron chi connectivity index (χ3n) is 7.70. The number of nitrogens with zero attached hydrogens (tertiary/aromatic N) is 3. The molecule has 3 heterocycles. The first-order valence-corrected chi connectivity index (χ1v) is 15.4. The summed E-state index contributed by atoms with van der Waals surface area (Å²) in [6.45, 7) is 0.763. The number of hydrogen-bond acceptors (Lipinski definition) is 6. The Hall–Kier alpha value is -4.70. The van der Waals surface area contributed by atoms with Crippen LogP contribution >= 0.6 is 11.8 Å². The Morgan fingerprint density at radius 1 is 1.00 bits per heavy atom. The fourth-order valence-corrected chi connectivity index (χ4v) is 6.63. The normalized spacial score (nSPS) is 19.1. The number of aryl methyl sites for hydroxylation is 1. The van der Waals surface area contributed by atoms with Crippen molar-refractivity contribution in [2.45, 2.75) is 43.5 Å². The summed E-state index contributed by atoms with van der Waals surface area (Å²) >= 11 is 1.28. The molecule has 10 heteroatoms.